The van der Waals surface area contributed by atoms with E-state index in [4.69, 9.17) is 11.6 Å². The highest BCUT2D eigenvalue weighted by Gasteiger charge is 2.57. The number of thiophene rings is 2. The molecule has 2 fully saturated rings. The van der Waals surface area contributed by atoms with Crippen LogP contribution < -0.4 is 5.32 Å². The van der Waals surface area contributed by atoms with Crippen LogP contribution in [0.1, 0.15) is 34.5 Å². The molecule has 122 valence electrons. The molecule has 1 unspecified atom stereocenters. The second-order valence-electron chi connectivity index (χ2n) is 6.50. The van der Waals surface area contributed by atoms with E-state index >= 15 is 0 Å². The van der Waals surface area contributed by atoms with Gasteiger partial charge >= 0.3 is 0 Å². The Morgan fingerprint density at radius 1 is 1.35 bits per heavy atom. The average molecular weight is 367 g/mol. The van der Waals surface area contributed by atoms with Crippen molar-refractivity contribution in [2.24, 2.45) is 5.41 Å². The van der Waals surface area contributed by atoms with E-state index in [-0.39, 0.29) is 5.91 Å². The van der Waals surface area contributed by atoms with Gasteiger partial charge in [-0.3, -0.25) is 4.79 Å². The highest BCUT2D eigenvalue weighted by Crippen LogP contribution is 2.56. The Morgan fingerprint density at radius 3 is 2.83 bits per heavy atom. The number of halogens is 1. The molecule has 1 saturated carbocycles. The zero-order valence-corrected chi connectivity index (χ0v) is 15.1. The first-order valence-corrected chi connectivity index (χ1v) is 10.1. The summed E-state index contributed by atoms with van der Waals surface area (Å²) in [5.74, 6) is 0.133. The van der Waals surface area contributed by atoms with Gasteiger partial charge in [0.15, 0.2) is 0 Å². The molecule has 1 saturated heterocycles. The first kappa shape index (κ1) is 15.6. The van der Waals surface area contributed by atoms with Crippen molar-refractivity contribution in [1.29, 1.82) is 0 Å². The molecule has 0 radical (unpaired) electrons. The lowest BCUT2D eigenvalue weighted by Crippen LogP contribution is -2.38. The SMILES string of the molecule is O=C(c1ccc(Cl)s1)N(Cc1ccsc1)C1CC12CCNCC2. The molecule has 0 aromatic carbocycles. The Hall–Kier alpha value is -0.880. The summed E-state index contributed by atoms with van der Waals surface area (Å²) in [4.78, 5) is 15.9. The van der Waals surface area contributed by atoms with Gasteiger partial charge in [-0.2, -0.15) is 11.3 Å². The average Bonchev–Trinajstić information content (AvgIpc) is 2.97. The van der Waals surface area contributed by atoms with Crippen LogP contribution >= 0.6 is 34.3 Å². The molecule has 0 bridgehead atoms. The van der Waals surface area contributed by atoms with E-state index < -0.39 is 0 Å². The lowest BCUT2D eigenvalue weighted by Gasteiger charge is -2.29. The second-order valence-corrected chi connectivity index (χ2v) is 9.00. The minimum Gasteiger partial charge on any atom is -0.330 e. The van der Waals surface area contributed by atoms with Crippen molar-refractivity contribution in [2.75, 3.05) is 13.1 Å². The van der Waals surface area contributed by atoms with Gasteiger partial charge in [0.25, 0.3) is 5.91 Å². The van der Waals surface area contributed by atoms with Gasteiger partial charge in [0.05, 0.1) is 9.21 Å². The lowest BCUT2D eigenvalue weighted by molar-refractivity contribution is 0.0697. The van der Waals surface area contributed by atoms with Crippen LogP contribution in [-0.2, 0) is 6.54 Å². The third-order valence-electron chi connectivity index (χ3n) is 5.10. The number of rotatable bonds is 4. The van der Waals surface area contributed by atoms with Gasteiger partial charge < -0.3 is 10.2 Å². The predicted octanol–water partition coefficient (Wildman–Crippen LogP) is 4.25. The number of amides is 1. The zero-order chi connectivity index (χ0) is 15.9. The summed E-state index contributed by atoms with van der Waals surface area (Å²) in [6, 6.07) is 6.16. The minimum atomic E-state index is 0.133. The van der Waals surface area contributed by atoms with Crippen LogP contribution in [0.15, 0.2) is 29.0 Å². The third-order valence-corrected chi connectivity index (χ3v) is 7.05. The topological polar surface area (TPSA) is 32.3 Å². The summed E-state index contributed by atoms with van der Waals surface area (Å²) in [7, 11) is 0. The Bertz CT molecular complexity index is 691. The largest absolute Gasteiger partial charge is 0.330 e. The van der Waals surface area contributed by atoms with Crippen molar-refractivity contribution in [3.63, 3.8) is 0 Å². The van der Waals surface area contributed by atoms with Crippen LogP contribution in [0.4, 0.5) is 0 Å². The molecule has 2 aromatic rings. The number of carbonyl (C=O) groups is 1. The van der Waals surface area contributed by atoms with E-state index in [1.807, 2.05) is 12.1 Å². The highest BCUT2D eigenvalue weighted by molar-refractivity contribution is 7.18. The minimum absolute atomic E-state index is 0.133. The molecular weight excluding hydrogens is 348 g/mol. The monoisotopic (exact) mass is 366 g/mol. The summed E-state index contributed by atoms with van der Waals surface area (Å²) in [6.07, 6.45) is 3.50. The van der Waals surface area contributed by atoms with Crippen LogP contribution in [0.2, 0.25) is 4.34 Å². The number of nitrogens with one attached hydrogen (secondary N) is 1. The molecule has 1 spiro atoms. The molecular formula is C17H19ClN2OS2. The normalized spacial score (nSPS) is 22.2. The van der Waals surface area contributed by atoms with E-state index in [1.54, 1.807) is 11.3 Å². The Balaban J connectivity index is 1.58. The summed E-state index contributed by atoms with van der Waals surface area (Å²) in [6.45, 7) is 2.85. The van der Waals surface area contributed by atoms with Crippen molar-refractivity contribution in [3.05, 3.63) is 43.7 Å². The van der Waals surface area contributed by atoms with Crippen molar-refractivity contribution >= 4 is 40.2 Å². The van der Waals surface area contributed by atoms with Gasteiger partial charge in [0.1, 0.15) is 0 Å². The van der Waals surface area contributed by atoms with E-state index in [1.165, 1.54) is 29.7 Å². The van der Waals surface area contributed by atoms with Gasteiger partial charge in [-0.05, 0) is 72.3 Å². The quantitative estimate of drug-likeness (QED) is 0.877. The number of nitrogens with zero attached hydrogens (tertiary/aromatic N) is 1. The maximum atomic E-state index is 13.1. The summed E-state index contributed by atoms with van der Waals surface area (Å²) < 4.78 is 0.677. The fraction of sp³-hybridized carbons (Fsp3) is 0.471. The summed E-state index contributed by atoms with van der Waals surface area (Å²) >= 11 is 9.10. The Morgan fingerprint density at radius 2 is 2.17 bits per heavy atom. The molecule has 2 aromatic heterocycles. The van der Waals surface area contributed by atoms with E-state index in [9.17, 15) is 4.79 Å². The lowest BCUT2D eigenvalue weighted by atomic mass is 9.93. The van der Waals surface area contributed by atoms with Gasteiger partial charge in [0, 0.05) is 12.6 Å². The standard InChI is InChI=1S/C17H19ClN2OS2/c18-15-2-1-13(23-15)16(21)20(10-12-3-8-22-11-12)14-9-17(14)4-6-19-7-5-17/h1-3,8,11,14,19H,4-7,9-10H2. The molecule has 6 heteroatoms. The molecule has 3 nitrogen and oxygen atoms in total. The zero-order valence-electron chi connectivity index (χ0n) is 12.8. The van der Waals surface area contributed by atoms with Crippen molar-refractivity contribution in [3.8, 4) is 0 Å². The number of hydrogen-bond acceptors (Lipinski definition) is 4. The van der Waals surface area contributed by atoms with E-state index in [0.717, 1.165) is 24.4 Å². The summed E-state index contributed by atoms with van der Waals surface area (Å²) in [5.41, 5.74) is 1.57. The highest BCUT2D eigenvalue weighted by atomic mass is 35.5. The van der Waals surface area contributed by atoms with Gasteiger partial charge in [-0.1, -0.05) is 11.6 Å². The summed E-state index contributed by atoms with van der Waals surface area (Å²) in [5, 5.41) is 7.65. The van der Waals surface area contributed by atoms with Gasteiger partial charge in [-0.25, -0.2) is 0 Å². The van der Waals surface area contributed by atoms with E-state index in [0.29, 0.717) is 22.3 Å². The van der Waals surface area contributed by atoms with Gasteiger partial charge in [0.2, 0.25) is 0 Å². The number of hydrogen-bond donors (Lipinski definition) is 1. The fourth-order valence-electron chi connectivity index (χ4n) is 3.70. The molecule has 1 aliphatic carbocycles. The fourth-order valence-corrected chi connectivity index (χ4v) is 5.36. The van der Waals surface area contributed by atoms with Crippen molar-refractivity contribution in [1.82, 2.24) is 10.2 Å². The third kappa shape index (κ3) is 3.07. The Kier molecular flexibility index (Phi) is 4.22. The first-order valence-electron chi connectivity index (χ1n) is 7.96. The van der Waals surface area contributed by atoms with Crippen molar-refractivity contribution in [2.45, 2.75) is 31.8 Å². The van der Waals surface area contributed by atoms with Crippen molar-refractivity contribution < 1.29 is 4.79 Å². The molecule has 1 atom stereocenters. The molecule has 4 rings (SSSR count). The maximum absolute atomic E-state index is 13.1. The number of piperidine rings is 1. The molecule has 1 N–H and O–H groups in total. The maximum Gasteiger partial charge on any atom is 0.264 e. The molecule has 23 heavy (non-hydrogen) atoms. The molecule has 1 amide bonds. The molecule has 2 aliphatic rings. The smallest absolute Gasteiger partial charge is 0.264 e. The number of carbonyl (C=O) groups excluding carboxylic acids is 1. The van der Waals surface area contributed by atoms with Crippen LogP contribution in [-0.4, -0.2) is 29.9 Å². The first-order chi connectivity index (χ1) is 11.2. The second kappa shape index (κ2) is 6.20. The van der Waals surface area contributed by atoms with E-state index in [2.05, 4.69) is 27.0 Å². The van der Waals surface area contributed by atoms with Gasteiger partial charge in [-0.15, -0.1) is 11.3 Å². The Labute approximate surface area is 149 Å². The molecule has 3 heterocycles. The van der Waals surface area contributed by atoms with Crippen LogP contribution in [0, 0.1) is 5.41 Å². The van der Waals surface area contributed by atoms with Crippen LogP contribution in [0.25, 0.3) is 0 Å². The predicted molar refractivity (Wildman–Crippen MR) is 96.5 cm³/mol. The van der Waals surface area contributed by atoms with Crippen LogP contribution in [0.3, 0.4) is 0 Å². The molecule has 1 aliphatic heterocycles. The van der Waals surface area contributed by atoms with Crippen LogP contribution in [0.5, 0.6) is 0 Å².